The van der Waals surface area contributed by atoms with Crippen LogP contribution in [0.1, 0.15) is 19.3 Å². The van der Waals surface area contributed by atoms with Gasteiger partial charge in [0.05, 0.1) is 0 Å². The van der Waals surface area contributed by atoms with Crippen molar-refractivity contribution in [2.45, 2.75) is 25.3 Å². The van der Waals surface area contributed by atoms with Crippen LogP contribution >= 0.6 is 11.8 Å². The molecule has 1 fully saturated rings. The summed E-state index contributed by atoms with van der Waals surface area (Å²) in [7, 11) is 0. The van der Waals surface area contributed by atoms with Crippen LogP contribution in [0, 0.1) is 18.3 Å². The van der Waals surface area contributed by atoms with Gasteiger partial charge in [-0.25, -0.2) is 0 Å². The van der Waals surface area contributed by atoms with Gasteiger partial charge in [0.25, 0.3) is 0 Å². The third kappa shape index (κ3) is 2.76. The first-order chi connectivity index (χ1) is 5.34. The fraction of sp³-hybridized carbons (Fsp3) is 0.778. The summed E-state index contributed by atoms with van der Waals surface area (Å²) in [6, 6.07) is 0.348. The minimum absolute atomic E-state index is 0.348. The van der Waals surface area contributed by atoms with Gasteiger partial charge in [-0.1, -0.05) is 0 Å². The lowest BCUT2D eigenvalue weighted by Crippen LogP contribution is -2.29. The fourth-order valence-electron chi connectivity index (χ4n) is 1.38. The first-order valence-electron chi connectivity index (χ1n) is 4.11. The molecule has 0 amide bonds. The summed E-state index contributed by atoms with van der Waals surface area (Å²) in [5.74, 6) is 5.89. The minimum atomic E-state index is 0.348. The Labute approximate surface area is 73.1 Å². The van der Waals surface area contributed by atoms with Crippen molar-refractivity contribution < 1.29 is 0 Å². The van der Waals surface area contributed by atoms with Crippen LogP contribution in [-0.4, -0.2) is 17.5 Å². The molecule has 1 aliphatic heterocycles. The highest BCUT2D eigenvalue weighted by Gasteiger charge is 2.21. The predicted molar refractivity (Wildman–Crippen MR) is 51.5 cm³/mol. The lowest BCUT2D eigenvalue weighted by atomic mass is 9.96. The second-order valence-electron chi connectivity index (χ2n) is 3.03. The molecule has 1 aliphatic rings. The third-order valence-electron chi connectivity index (χ3n) is 2.19. The van der Waals surface area contributed by atoms with Crippen molar-refractivity contribution in [3.63, 3.8) is 0 Å². The highest BCUT2D eigenvalue weighted by atomic mass is 32.2. The van der Waals surface area contributed by atoms with Gasteiger partial charge in [0.15, 0.2) is 0 Å². The number of hydrogen-bond donors (Lipinski definition) is 1. The number of hydrogen-bond acceptors (Lipinski definition) is 2. The van der Waals surface area contributed by atoms with E-state index < -0.39 is 0 Å². The molecule has 0 spiro atoms. The van der Waals surface area contributed by atoms with Crippen molar-refractivity contribution in [3.05, 3.63) is 0 Å². The van der Waals surface area contributed by atoms with E-state index in [1.807, 2.05) is 11.8 Å². The zero-order chi connectivity index (χ0) is 8.10. The SMILES string of the molecule is C#CCCC(N)C1CCSC1. The van der Waals surface area contributed by atoms with Crippen LogP contribution in [0.25, 0.3) is 0 Å². The van der Waals surface area contributed by atoms with Crippen LogP contribution in [-0.2, 0) is 0 Å². The Morgan fingerprint density at radius 2 is 2.55 bits per heavy atom. The van der Waals surface area contributed by atoms with E-state index in [4.69, 9.17) is 12.2 Å². The van der Waals surface area contributed by atoms with Crippen LogP contribution in [0.2, 0.25) is 0 Å². The van der Waals surface area contributed by atoms with Crippen molar-refractivity contribution in [1.29, 1.82) is 0 Å². The van der Waals surface area contributed by atoms with E-state index >= 15 is 0 Å². The van der Waals surface area contributed by atoms with Gasteiger partial charge in [-0.3, -0.25) is 0 Å². The zero-order valence-corrected chi connectivity index (χ0v) is 7.57. The molecule has 0 aromatic rings. The Kier molecular flexibility index (Phi) is 3.82. The molecule has 1 saturated heterocycles. The second kappa shape index (κ2) is 4.69. The summed E-state index contributed by atoms with van der Waals surface area (Å²) in [5, 5.41) is 0. The third-order valence-corrected chi connectivity index (χ3v) is 3.38. The molecule has 0 saturated carbocycles. The van der Waals surface area contributed by atoms with E-state index in [9.17, 15) is 0 Å². The normalized spacial score (nSPS) is 26.4. The number of terminal acetylenes is 1. The van der Waals surface area contributed by atoms with E-state index in [2.05, 4.69) is 5.92 Å². The van der Waals surface area contributed by atoms with Crippen LogP contribution in [0.4, 0.5) is 0 Å². The summed E-state index contributed by atoms with van der Waals surface area (Å²) in [4.78, 5) is 0. The largest absolute Gasteiger partial charge is 0.327 e. The molecule has 1 rings (SSSR count). The van der Waals surface area contributed by atoms with Gasteiger partial charge in [-0.15, -0.1) is 12.3 Å². The van der Waals surface area contributed by atoms with Gasteiger partial charge in [0.2, 0.25) is 0 Å². The van der Waals surface area contributed by atoms with Crippen molar-refractivity contribution in [2.24, 2.45) is 11.7 Å². The molecule has 62 valence electrons. The first kappa shape index (κ1) is 8.96. The van der Waals surface area contributed by atoms with Crippen LogP contribution in [0.5, 0.6) is 0 Å². The van der Waals surface area contributed by atoms with E-state index in [0.29, 0.717) is 6.04 Å². The van der Waals surface area contributed by atoms with E-state index in [-0.39, 0.29) is 0 Å². The summed E-state index contributed by atoms with van der Waals surface area (Å²) >= 11 is 2.01. The molecule has 0 bridgehead atoms. The van der Waals surface area contributed by atoms with Gasteiger partial charge in [0.1, 0.15) is 0 Å². The number of nitrogens with two attached hydrogens (primary N) is 1. The van der Waals surface area contributed by atoms with Crippen LogP contribution in [0.3, 0.4) is 0 Å². The van der Waals surface area contributed by atoms with E-state index in [1.165, 1.54) is 17.9 Å². The highest BCUT2D eigenvalue weighted by Crippen LogP contribution is 2.26. The molecule has 11 heavy (non-hydrogen) atoms. The lowest BCUT2D eigenvalue weighted by Gasteiger charge is -2.16. The van der Waals surface area contributed by atoms with Gasteiger partial charge < -0.3 is 5.73 Å². The van der Waals surface area contributed by atoms with Gasteiger partial charge in [0, 0.05) is 12.5 Å². The Morgan fingerprint density at radius 3 is 3.09 bits per heavy atom. The first-order valence-corrected chi connectivity index (χ1v) is 5.27. The van der Waals surface area contributed by atoms with Gasteiger partial charge in [-0.2, -0.15) is 11.8 Å². The molecule has 2 heteroatoms. The van der Waals surface area contributed by atoms with Crippen LogP contribution in [0.15, 0.2) is 0 Å². The van der Waals surface area contributed by atoms with Gasteiger partial charge >= 0.3 is 0 Å². The number of rotatable bonds is 3. The van der Waals surface area contributed by atoms with Gasteiger partial charge in [-0.05, 0) is 30.3 Å². The average Bonchev–Trinajstić information content (AvgIpc) is 2.52. The summed E-state index contributed by atoms with van der Waals surface area (Å²) in [6.07, 6.45) is 8.29. The fourth-order valence-corrected chi connectivity index (χ4v) is 2.73. The molecule has 0 aromatic heterocycles. The highest BCUT2D eigenvalue weighted by molar-refractivity contribution is 7.99. The Hall–Kier alpha value is -0.130. The Bertz CT molecular complexity index is 144. The molecule has 0 radical (unpaired) electrons. The smallest absolute Gasteiger partial charge is 0.0101 e. The number of thioether (sulfide) groups is 1. The molecular weight excluding hydrogens is 154 g/mol. The van der Waals surface area contributed by atoms with E-state index in [0.717, 1.165) is 18.8 Å². The maximum atomic E-state index is 5.96. The summed E-state index contributed by atoms with van der Waals surface area (Å²) in [6.45, 7) is 0. The van der Waals surface area contributed by atoms with Crippen LogP contribution < -0.4 is 5.73 Å². The monoisotopic (exact) mass is 169 g/mol. The standard InChI is InChI=1S/C9H15NS/c1-2-3-4-9(10)8-5-6-11-7-8/h1,8-9H,3-7,10H2. The zero-order valence-electron chi connectivity index (χ0n) is 6.75. The molecule has 0 aromatic carbocycles. The minimum Gasteiger partial charge on any atom is -0.327 e. The summed E-state index contributed by atoms with van der Waals surface area (Å²) in [5.41, 5.74) is 5.96. The molecule has 2 N–H and O–H groups in total. The molecule has 1 heterocycles. The molecule has 0 aliphatic carbocycles. The quantitative estimate of drug-likeness (QED) is 0.648. The Morgan fingerprint density at radius 1 is 1.73 bits per heavy atom. The topological polar surface area (TPSA) is 26.0 Å². The maximum absolute atomic E-state index is 5.96. The predicted octanol–water partition coefficient (Wildman–Crippen LogP) is 1.48. The van der Waals surface area contributed by atoms with Crippen molar-refractivity contribution in [3.8, 4) is 12.3 Å². The second-order valence-corrected chi connectivity index (χ2v) is 4.18. The van der Waals surface area contributed by atoms with E-state index in [1.54, 1.807) is 0 Å². The molecule has 2 atom stereocenters. The maximum Gasteiger partial charge on any atom is 0.0101 e. The van der Waals surface area contributed by atoms with Crippen molar-refractivity contribution >= 4 is 11.8 Å². The summed E-state index contributed by atoms with van der Waals surface area (Å²) < 4.78 is 0. The van der Waals surface area contributed by atoms with Crippen molar-refractivity contribution in [2.75, 3.05) is 11.5 Å². The molecule has 2 unspecified atom stereocenters. The average molecular weight is 169 g/mol. The Balaban J connectivity index is 2.18. The lowest BCUT2D eigenvalue weighted by molar-refractivity contribution is 0.445. The van der Waals surface area contributed by atoms with Crippen molar-refractivity contribution in [1.82, 2.24) is 0 Å². The molecular formula is C9H15NS. The molecule has 1 nitrogen and oxygen atoms in total.